The molecule has 0 atom stereocenters. The molecule has 13 heavy (non-hydrogen) atoms. The first-order valence-electron chi connectivity index (χ1n) is 2.72. The molecular formula is C5H2F6O2. The van der Waals surface area contributed by atoms with Gasteiger partial charge in [0.25, 0.3) is 0 Å². The zero-order valence-electron chi connectivity index (χ0n) is 5.79. The van der Waals surface area contributed by atoms with E-state index in [1.807, 2.05) is 0 Å². The number of rotatable bonds is 4. The summed E-state index contributed by atoms with van der Waals surface area (Å²) in [7, 11) is 0. The molecule has 0 bridgehead atoms. The first-order chi connectivity index (χ1) is 5.67. The van der Waals surface area contributed by atoms with E-state index in [1.165, 1.54) is 0 Å². The van der Waals surface area contributed by atoms with Crippen LogP contribution in [0.15, 0.2) is 0 Å². The molecule has 0 amide bonds. The van der Waals surface area contributed by atoms with Crippen molar-refractivity contribution >= 4 is 11.8 Å². The molecule has 2 nitrogen and oxygen atoms in total. The number of alkyl halides is 5. The maximum Gasteiger partial charge on any atom is 0.405 e. The van der Waals surface area contributed by atoms with Gasteiger partial charge < -0.3 is 0 Å². The third kappa shape index (κ3) is 1.81. The van der Waals surface area contributed by atoms with Gasteiger partial charge in [0.2, 0.25) is 5.78 Å². The first-order valence-corrected chi connectivity index (χ1v) is 2.72. The Morgan fingerprint density at radius 1 is 1.00 bits per heavy atom. The Morgan fingerprint density at radius 3 is 1.62 bits per heavy atom. The standard InChI is InChI=1S/C5H2F6O2/c6-1-2(12)4(8,9)5(10,11)3(7)13/h1H2. The lowest BCUT2D eigenvalue weighted by Gasteiger charge is -2.19. The Labute approximate surface area is 67.5 Å². The monoisotopic (exact) mass is 208 g/mol. The minimum absolute atomic E-state index is 2.41. The van der Waals surface area contributed by atoms with Crippen LogP contribution >= 0.6 is 0 Å². The molecule has 8 heteroatoms. The van der Waals surface area contributed by atoms with Crippen molar-refractivity contribution in [2.45, 2.75) is 11.8 Å². The van der Waals surface area contributed by atoms with E-state index in [0.717, 1.165) is 0 Å². The lowest BCUT2D eigenvalue weighted by Crippen LogP contribution is -2.51. The van der Waals surface area contributed by atoms with Gasteiger partial charge in [0.1, 0.15) is 0 Å². The van der Waals surface area contributed by atoms with Crippen molar-refractivity contribution in [3.63, 3.8) is 0 Å². The van der Waals surface area contributed by atoms with E-state index in [4.69, 9.17) is 0 Å². The molecule has 0 aromatic rings. The molecule has 0 radical (unpaired) electrons. The van der Waals surface area contributed by atoms with Crippen LogP contribution in [0.1, 0.15) is 0 Å². The Kier molecular flexibility index (Phi) is 3.07. The summed E-state index contributed by atoms with van der Waals surface area (Å²) in [6, 6.07) is -3.68. The maximum absolute atomic E-state index is 12.0. The fourth-order valence-corrected chi connectivity index (χ4v) is 0.382. The molecule has 0 fully saturated rings. The van der Waals surface area contributed by atoms with Crippen LogP contribution in [0, 0.1) is 0 Å². The van der Waals surface area contributed by atoms with E-state index in [1.54, 1.807) is 0 Å². The zero-order valence-corrected chi connectivity index (χ0v) is 5.79. The molecule has 0 aliphatic carbocycles. The number of halogens is 6. The topological polar surface area (TPSA) is 34.1 Å². The van der Waals surface area contributed by atoms with E-state index >= 15 is 0 Å². The van der Waals surface area contributed by atoms with Crippen molar-refractivity contribution in [1.29, 1.82) is 0 Å². The smallest absolute Gasteiger partial charge is 0.290 e. The van der Waals surface area contributed by atoms with Gasteiger partial charge >= 0.3 is 17.9 Å². The number of carbonyl (C=O) groups is 2. The maximum atomic E-state index is 12.0. The average molecular weight is 208 g/mol. The summed E-state index contributed by atoms with van der Waals surface area (Å²) in [4.78, 5) is 19.2. The lowest BCUT2D eigenvalue weighted by atomic mass is 10.1. The number of Topliss-reactive ketones (excluding diaryl/α,β-unsaturated/α-hetero) is 1. The summed E-state index contributed by atoms with van der Waals surface area (Å²) in [6.07, 6.45) is 0. The molecule has 0 saturated heterocycles. The van der Waals surface area contributed by atoms with E-state index in [9.17, 15) is 35.9 Å². The third-order valence-corrected chi connectivity index (χ3v) is 1.11. The van der Waals surface area contributed by atoms with E-state index in [-0.39, 0.29) is 0 Å². The van der Waals surface area contributed by atoms with Crippen LogP contribution in [0.25, 0.3) is 0 Å². The summed E-state index contributed by atoms with van der Waals surface area (Å²) in [5.74, 6) is -14.3. The minimum Gasteiger partial charge on any atom is -0.290 e. The summed E-state index contributed by atoms with van der Waals surface area (Å²) in [5, 5.41) is 0. The minimum atomic E-state index is -5.81. The van der Waals surface area contributed by atoms with Crippen molar-refractivity contribution < 1.29 is 35.9 Å². The van der Waals surface area contributed by atoms with Crippen LogP contribution in [-0.4, -0.2) is 30.3 Å². The average Bonchev–Trinajstić information content (AvgIpc) is 2.02. The summed E-state index contributed by atoms with van der Waals surface area (Å²) in [6.45, 7) is -2.41. The van der Waals surface area contributed by atoms with Gasteiger partial charge in [-0.1, -0.05) is 0 Å². The Balaban J connectivity index is 5.02. The lowest BCUT2D eigenvalue weighted by molar-refractivity contribution is -0.215. The summed E-state index contributed by atoms with van der Waals surface area (Å²) >= 11 is 0. The SMILES string of the molecule is O=C(F)C(F)(F)C(F)(F)C(=O)CF. The van der Waals surface area contributed by atoms with Gasteiger partial charge in [0.05, 0.1) is 0 Å². The molecule has 0 rings (SSSR count). The number of carbonyl (C=O) groups excluding carboxylic acids is 2. The molecular weight excluding hydrogens is 206 g/mol. The predicted octanol–water partition coefficient (Wildman–Crippen LogP) is 1.29. The highest BCUT2D eigenvalue weighted by Gasteiger charge is 2.66. The molecule has 0 aliphatic rings. The van der Waals surface area contributed by atoms with Crippen molar-refractivity contribution in [3.8, 4) is 0 Å². The Bertz CT molecular complexity index is 235. The molecule has 0 spiro atoms. The van der Waals surface area contributed by atoms with Crippen molar-refractivity contribution in [3.05, 3.63) is 0 Å². The van der Waals surface area contributed by atoms with Crippen LogP contribution < -0.4 is 0 Å². The van der Waals surface area contributed by atoms with Gasteiger partial charge in [-0.15, -0.1) is 0 Å². The second kappa shape index (κ2) is 3.35. The quantitative estimate of drug-likeness (QED) is 0.515. The fraction of sp³-hybridized carbons (Fsp3) is 0.600. The van der Waals surface area contributed by atoms with Crippen molar-refractivity contribution in [1.82, 2.24) is 0 Å². The Morgan fingerprint density at radius 2 is 1.38 bits per heavy atom. The largest absolute Gasteiger partial charge is 0.405 e. The molecule has 0 unspecified atom stereocenters. The molecule has 0 aromatic carbocycles. The molecule has 0 saturated carbocycles. The number of ketones is 1. The molecule has 0 aromatic heterocycles. The Hall–Kier alpha value is -1.08. The highest BCUT2D eigenvalue weighted by atomic mass is 19.3. The number of hydrogen-bond donors (Lipinski definition) is 0. The van der Waals surface area contributed by atoms with E-state index in [0.29, 0.717) is 0 Å². The normalized spacial score (nSPS) is 12.8. The zero-order chi connectivity index (χ0) is 10.9. The molecule has 0 N–H and O–H groups in total. The van der Waals surface area contributed by atoms with Gasteiger partial charge in [-0.3, -0.25) is 9.59 Å². The highest BCUT2D eigenvalue weighted by molar-refractivity contribution is 5.94. The first kappa shape index (κ1) is 11.9. The van der Waals surface area contributed by atoms with Crippen LogP contribution in [0.5, 0.6) is 0 Å². The van der Waals surface area contributed by atoms with Crippen LogP contribution in [0.2, 0.25) is 0 Å². The van der Waals surface area contributed by atoms with Crippen molar-refractivity contribution in [2.75, 3.05) is 6.67 Å². The van der Waals surface area contributed by atoms with Crippen LogP contribution in [0.4, 0.5) is 26.3 Å². The molecule has 0 heterocycles. The highest BCUT2D eigenvalue weighted by Crippen LogP contribution is 2.36. The van der Waals surface area contributed by atoms with Crippen molar-refractivity contribution in [2.24, 2.45) is 0 Å². The number of hydrogen-bond acceptors (Lipinski definition) is 2. The summed E-state index contributed by atoms with van der Waals surface area (Å²) < 4.78 is 70.5. The predicted molar refractivity (Wildman–Crippen MR) is 27.0 cm³/mol. The second-order valence-corrected chi connectivity index (χ2v) is 1.98. The van der Waals surface area contributed by atoms with E-state index < -0.39 is 30.3 Å². The van der Waals surface area contributed by atoms with Gasteiger partial charge in [-0.2, -0.15) is 22.0 Å². The van der Waals surface area contributed by atoms with Gasteiger partial charge in [0, 0.05) is 0 Å². The third-order valence-electron chi connectivity index (χ3n) is 1.11. The van der Waals surface area contributed by atoms with Gasteiger partial charge in [-0.05, 0) is 0 Å². The molecule has 76 valence electrons. The van der Waals surface area contributed by atoms with E-state index in [2.05, 4.69) is 0 Å². The summed E-state index contributed by atoms with van der Waals surface area (Å²) in [5.41, 5.74) is 0. The van der Waals surface area contributed by atoms with Gasteiger partial charge in [-0.25, -0.2) is 4.39 Å². The molecule has 0 aliphatic heterocycles. The van der Waals surface area contributed by atoms with Gasteiger partial charge in [0.15, 0.2) is 6.67 Å². The second-order valence-electron chi connectivity index (χ2n) is 1.98. The van der Waals surface area contributed by atoms with Crippen LogP contribution in [0.3, 0.4) is 0 Å². The fourth-order valence-electron chi connectivity index (χ4n) is 0.382. The van der Waals surface area contributed by atoms with Crippen LogP contribution in [-0.2, 0) is 9.59 Å².